The Balaban J connectivity index is 1.58. The maximum atomic E-state index is 12.8. The van der Waals surface area contributed by atoms with Crippen molar-refractivity contribution in [2.45, 2.75) is 6.61 Å². The van der Waals surface area contributed by atoms with Crippen molar-refractivity contribution >= 4 is 12.0 Å². The maximum absolute atomic E-state index is 12.8. The summed E-state index contributed by atoms with van der Waals surface area (Å²) >= 11 is 0. The first kappa shape index (κ1) is 15.6. The van der Waals surface area contributed by atoms with Crippen LogP contribution in [-0.4, -0.2) is 20.5 Å². The van der Waals surface area contributed by atoms with Gasteiger partial charge < -0.3 is 4.74 Å². The van der Waals surface area contributed by atoms with Crippen LogP contribution in [0.5, 0.6) is 0 Å². The van der Waals surface area contributed by atoms with E-state index in [9.17, 15) is 9.18 Å². The van der Waals surface area contributed by atoms with E-state index in [0.29, 0.717) is 5.82 Å². The third-order valence-electron chi connectivity index (χ3n) is 3.24. The monoisotopic (exact) mass is 323 g/mol. The van der Waals surface area contributed by atoms with Crippen molar-refractivity contribution in [1.82, 2.24) is 14.5 Å². The van der Waals surface area contributed by atoms with Crippen LogP contribution in [-0.2, 0) is 16.1 Å². The van der Waals surface area contributed by atoms with Gasteiger partial charge in [0.25, 0.3) is 0 Å². The van der Waals surface area contributed by atoms with Crippen LogP contribution < -0.4 is 0 Å². The third-order valence-corrected chi connectivity index (χ3v) is 3.24. The van der Waals surface area contributed by atoms with Crippen LogP contribution >= 0.6 is 0 Å². The number of hydrogen-bond acceptors (Lipinski definition) is 4. The molecule has 0 fully saturated rings. The lowest BCUT2D eigenvalue weighted by atomic mass is 10.2. The van der Waals surface area contributed by atoms with Gasteiger partial charge in [0.05, 0.1) is 0 Å². The highest BCUT2D eigenvalue weighted by Crippen LogP contribution is 2.09. The van der Waals surface area contributed by atoms with E-state index in [2.05, 4.69) is 9.97 Å². The summed E-state index contributed by atoms with van der Waals surface area (Å²) in [7, 11) is 0. The Morgan fingerprint density at radius 3 is 2.79 bits per heavy atom. The fourth-order valence-corrected chi connectivity index (χ4v) is 2.03. The van der Waals surface area contributed by atoms with Crippen molar-refractivity contribution in [3.8, 4) is 5.82 Å². The van der Waals surface area contributed by atoms with Gasteiger partial charge in [-0.05, 0) is 41.5 Å². The Morgan fingerprint density at radius 2 is 2.04 bits per heavy atom. The van der Waals surface area contributed by atoms with Crippen LogP contribution in [0.4, 0.5) is 4.39 Å². The number of carbonyl (C=O) groups excluding carboxylic acids is 1. The largest absolute Gasteiger partial charge is 0.458 e. The Kier molecular flexibility index (Phi) is 4.76. The number of esters is 1. The van der Waals surface area contributed by atoms with Gasteiger partial charge in [-0.15, -0.1) is 0 Å². The van der Waals surface area contributed by atoms with Gasteiger partial charge in [0, 0.05) is 24.7 Å². The van der Waals surface area contributed by atoms with Crippen LogP contribution in [0.2, 0.25) is 0 Å². The van der Waals surface area contributed by atoms with E-state index in [1.807, 2.05) is 6.07 Å². The molecule has 3 rings (SSSR count). The van der Waals surface area contributed by atoms with E-state index in [1.165, 1.54) is 18.2 Å². The zero-order chi connectivity index (χ0) is 16.8. The van der Waals surface area contributed by atoms with Gasteiger partial charge in [0.1, 0.15) is 24.6 Å². The molecule has 0 N–H and O–H groups in total. The summed E-state index contributed by atoms with van der Waals surface area (Å²) in [6.07, 6.45) is 9.62. The minimum atomic E-state index is -0.472. The van der Waals surface area contributed by atoms with Crippen molar-refractivity contribution in [3.05, 3.63) is 84.3 Å². The van der Waals surface area contributed by atoms with E-state index >= 15 is 0 Å². The van der Waals surface area contributed by atoms with Gasteiger partial charge >= 0.3 is 5.97 Å². The molecule has 2 heterocycles. The van der Waals surface area contributed by atoms with E-state index < -0.39 is 5.97 Å². The molecule has 0 saturated carbocycles. The number of pyridine rings is 1. The normalized spacial score (nSPS) is 10.9. The molecule has 0 saturated heterocycles. The molecular weight excluding hydrogens is 309 g/mol. The smallest absolute Gasteiger partial charge is 0.331 e. The molecule has 24 heavy (non-hydrogen) atoms. The summed E-state index contributed by atoms with van der Waals surface area (Å²) in [5.74, 6) is -0.0932. The average molecular weight is 323 g/mol. The number of halogens is 1. The fraction of sp³-hybridized carbons (Fsp3) is 0.0556. The standard InChI is InChI=1S/C18H14FN3O2/c19-16-4-1-14(2-5-16)3-6-18(23)24-12-15-7-8-21-17(11-15)22-10-9-20-13-22/h1-11,13H,12H2. The van der Waals surface area contributed by atoms with Crippen LogP contribution in [0.25, 0.3) is 11.9 Å². The topological polar surface area (TPSA) is 57.0 Å². The van der Waals surface area contributed by atoms with Crippen molar-refractivity contribution in [3.63, 3.8) is 0 Å². The lowest BCUT2D eigenvalue weighted by Crippen LogP contribution is -2.02. The van der Waals surface area contributed by atoms with Crippen molar-refractivity contribution in [1.29, 1.82) is 0 Å². The van der Waals surface area contributed by atoms with Crippen LogP contribution in [0, 0.1) is 5.82 Å². The highest BCUT2D eigenvalue weighted by Gasteiger charge is 2.02. The van der Waals surface area contributed by atoms with Gasteiger partial charge in [-0.25, -0.2) is 19.2 Å². The second kappa shape index (κ2) is 7.32. The summed E-state index contributed by atoms with van der Waals surface area (Å²) in [5, 5.41) is 0. The SMILES string of the molecule is O=C(C=Cc1ccc(F)cc1)OCc1ccnc(-n2ccnc2)c1. The molecule has 0 atom stereocenters. The van der Waals surface area contributed by atoms with E-state index in [0.717, 1.165) is 11.1 Å². The highest BCUT2D eigenvalue weighted by molar-refractivity contribution is 5.87. The molecule has 0 radical (unpaired) electrons. The first-order chi connectivity index (χ1) is 11.7. The quantitative estimate of drug-likeness (QED) is 0.534. The lowest BCUT2D eigenvalue weighted by molar-refractivity contribution is -0.138. The first-order valence-electron chi connectivity index (χ1n) is 7.24. The van der Waals surface area contributed by atoms with Gasteiger partial charge in [0.2, 0.25) is 0 Å². The van der Waals surface area contributed by atoms with Crippen LogP contribution in [0.1, 0.15) is 11.1 Å². The van der Waals surface area contributed by atoms with E-state index in [-0.39, 0.29) is 12.4 Å². The molecule has 6 heteroatoms. The molecular formula is C18H14FN3O2. The number of hydrogen-bond donors (Lipinski definition) is 0. The van der Waals surface area contributed by atoms with E-state index in [4.69, 9.17) is 4.74 Å². The van der Waals surface area contributed by atoms with Crippen molar-refractivity contribution in [2.75, 3.05) is 0 Å². The molecule has 0 amide bonds. The molecule has 0 unspecified atom stereocenters. The number of carbonyl (C=O) groups is 1. The molecule has 0 bridgehead atoms. The Morgan fingerprint density at radius 1 is 1.21 bits per heavy atom. The Hall–Kier alpha value is -3.28. The van der Waals surface area contributed by atoms with Gasteiger partial charge in [-0.1, -0.05) is 12.1 Å². The van der Waals surface area contributed by atoms with Crippen LogP contribution in [0.15, 0.2) is 67.4 Å². The minimum Gasteiger partial charge on any atom is -0.458 e. The maximum Gasteiger partial charge on any atom is 0.331 e. The number of imidazole rings is 1. The molecule has 2 aromatic heterocycles. The van der Waals surface area contributed by atoms with Gasteiger partial charge in [-0.2, -0.15) is 0 Å². The second-order valence-electron chi connectivity index (χ2n) is 4.98. The second-order valence-corrected chi connectivity index (χ2v) is 4.98. The van der Waals surface area contributed by atoms with Gasteiger partial charge in [-0.3, -0.25) is 4.57 Å². The predicted octanol–water partition coefficient (Wildman–Crippen LogP) is 3.16. The number of ether oxygens (including phenoxy) is 1. The summed E-state index contributed by atoms with van der Waals surface area (Å²) in [6.45, 7) is 0.136. The van der Waals surface area contributed by atoms with Gasteiger partial charge in [0.15, 0.2) is 0 Å². The highest BCUT2D eigenvalue weighted by atomic mass is 19.1. The average Bonchev–Trinajstić information content (AvgIpc) is 3.14. The van der Waals surface area contributed by atoms with Crippen LogP contribution in [0.3, 0.4) is 0 Å². The molecule has 1 aromatic carbocycles. The number of benzene rings is 1. The molecule has 3 aromatic rings. The molecule has 0 spiro atoms. The third kappa shape index (κ3) is 4.13. The molecule has 5 nitrogen and oxygen atoms in total. The summed E-state index contributed by atoms with van der Waals surface area (Å²) in [6, 6.07) is 9.42. The first-order valence-corrected chi connectivity index (χ1v) is 7.24. The summed E-state index contributed by atoms with van der Waals surface area (Å²) < 4.78 is 19.8. The number of rotatable bonds is 5. The summed E-state index contributed by atoms with van der Waals surface area (Å²) in [4.78, 5) is 20.0. The van der Waals surface area contributed by atoms with E-state index in [1.54, 1.807) is 53.8 Å². The molecule has 0 aliphatic heterocycles. The molecule has 120 valence electrons. The minimum absolute atomic E-state index is 0.136. The fourth-order valence-electron chi connectivity index (χ4n) is 2.03. The number of aromatic nitrogens is 3. The lowest BCUT2D eigenvalue weighted by Gasteiger charge is -2.05. The zero-order valence-electron chi connectivity index (χ0n) is 12.7. The molecule has 0 aliphatic rings. The summed E-state index contributed by atoms with van der Waals surface area (Å²) in [5.41, 5.74) is 1.54. The van der Waals surface area contributed by atoms with Crippen molar-refractivity contribution < 1.29 is 13.9 Å². The Bertz CT molecular complexity index is 843. The van der Waals surface area contributed by atoms with Crippen molar-refractivity contribution in [2.24, 2.45) is 0 Å². The molecule has 0 aliphatic carbocycles. The predicted molar refractivity (Wildman–Crippen MR) is 86.6 cm³/mol. The number of nitrogens with zero attached hydrogens (tertiary/aromatic N) is 3. The zero-order valence-corrected chi connectivity index (χ0v) is 12.7. The Labute approximate surface area is 138 Å².